The van der Waals surface area contributed by atoms with Gasteiger partial charge in [-0.3, -0.25) is 0 Å². The van der Waals surface area contributed by atoms with Gasteiger partial charge in [0, 0.05) is 0 Å². The Morgan fingerprint density at radius 3 is 2.64 bits per heavy atom. The Hall–Kier alpha value is -1.30. The van der Waals surface area contributed by atoms with Crippen LogP contribution in [0.3, 0.4) is 0 Å². The van der Waals surface area contributed by atoms with Crippen molar-refractivity contribution < 1.29 is 0 Å². The quantitative estimate of drug-likeness (QED) is 0.485. The molecule has 1 atom stereocenters. The van der Waals surface area contributed by atoms with Crippen LogP contribution in [0.25, 0.3) is 0 Å². The first-order valence-electron chi connectivity index (χ1n) is 3.84. The summed E-state index contributed by atoms with van der Waals surface area (Å²) in [6, 6.07) is 0. The van der Waals surface area contributed by atoms with Crippen LogP contribution in [-0.2, 0) is 0 Å². The third-order valence-electron chi connectivity index (χ3n) is 2.76. The SMILES string of the molecule is C=C1C=CC2=C3C=CC=CC132. The second-order valence-corrected chi connectivity index (χ2v) is 3.21. The second-order valence-electron chi connectivity index (χ2n) is 3.21. The van der Waals surface area contributed by atoms with E-state index in [-0.39, 0.29) is 5.41 Å². The van der Waals surface area contributed by atoms with Gasteiger partial charge in [0.15, 0.2) is 0 Å². The molecule has 0 saturated heterocycles. The summed E-state index contributed by atoms with van der Waals surface area (Å²) in [5, 5.41) is 0. The van der Waals surface area contributed by atoms with Crippen molar-refractivity contribution in [2.75, 3.05) is 0 Å². The van der Waals surface area contributed by atoms with Crippen molar-refractivity contribution in [1.82, 2.24) is 0 Å². The van der Waals surface area contributed by atoms with Gasteiger partial charge in [-0.15, -0.1) is 0 Å². The van der Waals surface area contributed by atoms with Gasteiger partial charge in [-0.2, -0.15) is 0 Å². The molecule has 0 bridgehead atoms. The molecule has 0 aromatic heterocycles. The standard InChI is InChI=1S/C11H8/c1-8-5-6-10-9-4-2-3-7-11(8,9)10/h2-7H,1H2. The minimum Gasteiger partial charge on any atom is -0.0943 e. The summed E-state index contributed by atoms with van der Waals surface area (Å²) in [6.07, 6.45) is 12.9. The third-order valence-corrected chi connectivity index (χ3v) is 2.76. The molecule has 1 unspecified atom stereocenters. The maximum atomic E-state index is 4.04. The van der Waals surface area contributed by atoms with Gasteiger partial charge < -0.3 is 0 Å². The van der Waals surface area contributed by atoms with E-state index < -0.39 is 0 Å². The Morgan fingerprint density at radius 1 is 1.00 bits per heavy atom. The normalized spacial score (nSPS) is 36.2. The molecule has 3 aliphatic rings. The van der Waals surface area contributed by atoms with Crippen molar-refractivity contribution in [3.05, 3.63) is 59.8 Å². The van der Waals surface area contributed by atoms with Gasteiger partial charge in [0.2, 0.25) is 0 Å². The average molecular weight is 140 g/mol. The van der Waals surface area contributed by atoms with Crippen LogP contribution in [0.2, 0.25) is 0 Å². The summed E-state index contributed by atoms with van der Waals surface area (Å²) in [5.74, 6) is 0. The van der Waals surface area contributed by atoms with Crippen LogP contribution in [-0.4, -0.2) is 0 Å². The first-order chi connectivity index (χ1) is 5.36. The van der Waals surface area contributed by atoms with Crippen LogP contribution in [0, 0.1) is 5.41 Å². The Bertz CT molecular complexity index is 361. The van der Waals surface area contributed by atoms with Crippen molar-refractivity contribution in [2.24, 2.45) is 5.41 Å². The molecule has 52 valence electrons. The molecule has 0 aromatic carbocycles. The molecule has 0 aliphatic heterocycles. The summed E-state index contributed by atoms with van der Waals surface area (Å²) in [4.78, 5) is 0. The first kappa shape index (κ1) is 5.36. The highest BCUT2D eigenvalue weighted by Crippen LogP contribution is 2.64. The van der Waals surface area contributed by atoms with Gasteiger partial charge in [0.25, 0.3) is 0 Å². The highest BCUT2D eigenvalue weighted by Gasteiger charge is 2.53. The molecular formula is C11H8. The van der Waals surface area contributed by atoms with Gasteiger partial charge in [-0.25, -0.2) is 0 Å². The van der Waals surface area contributed by atoms with Crippen molar-refractivity contribution in [2.45, 2.75) is 0 Å². The molecule has 3 aliphatic carbocycles. The number of rotatable bonds is 0. The molecule has 0 saturated carbocycles. The predicted octanol–water partition coefficient (Wildman–Crippen LogP) is 2.54. The smallest absolute Gasteiger partial charge is 0.0635 e. The van der Waals surface area contributed by atoms with Gasteiger partial charge in [0.1, 0.15) is 0 Å². The summed E-state index contributed by atoms with van der Waals surface area (Å²) >= 11 is 0. The maximum Gasteiger partial charge on any atom is 0.0635 e. The second kappa shape index (κ2) is 1.33. The van der Waals surface area contributed by atoms with E-state index in [1.165, 1.54) is 16.7 Å². The topological polar surface area (TPSA) is 0 Å². The van der Waals surface area contributed by atoms with E-state index in [9.17, 15) is 0 Å². The van der Waals surface area contributed by atoms with Crippen molar-refractivity contribution in [3.8, 4) is 0 Å². The summed E-state index contributed by atoms with van der Waals surface area (Å²) in [6.45, 7) is 4.04. The zero-order valence-electron chi connectivity index (χ0n) is 6.17. The van der Waals surface area contributed by atoms with Crippen LogP contribution >= 0.6 is 0 Å². The monoisotopic (exact) mass is 140 g/mol. The zero-order chi connectivity index (χ0) is 7.47. The van der Waals surface area contributed by atoms with Crippen molar-refractivity contribution in [3.63, 3.8) is 0 Å². The van der Waals surface area contributed by atoms with E-state index in [4.69, 9.17) is 0 Å². The average Bonchev–Trinajstić information content (AvgIpc) is 2.61. The number of allylic oxidation sites excluding steroid dienone is 9. The number of hydrogen-bond donors (Lipinski definition) is 0. The van der Waals surface area contributed by atoms with Gasteiger partial charge in [-0.1, -0.05) is 43.0 Å². The molecule has 11 heavy (non-hydrogen) atoms. The zero-order valence-corrected chi connectivity index (χ0v) is 6.17. The maximum absolute atomic E-state index is 4.04. The highest BCUT2D eigenvalue weighted by atomic mass is 14.5. The molecule has 3 rings (SSSR count). The predicted molar refractivity (Wildman–Crippen MR) is 46.0 cm³/mol. The van der Waals surface area contributed by atoms with E-state index in [1.54, 1.807) is 0 Å². The fraction of sp³-hybridized carbons (Fsp3) is 0.0909. The fourth-order valence-corrected chi connectivity index (χ4v) is 2.08. The van der Waals surface area contributed by atoms with E-state index in [1.807, 2.05) is 0 Å². The largest absolute Gasteiger partial charge is 0.0943 e. The van der Waals surface area contributed by atoms with Crippen LogP contribution in [0.5, 0.6) is 0 Å². The summed E-state index contributed by atoms with van der Waals surface area (Å²) in [5.41, 5.74) is 4.30. The van der Waals surface area contributed by atoms with Crippen LogP contribution in [0.1, 0.15) is 0 Å². The third kappa shape index (κ3) is 0.389. The van der Waals surface area contributed by atoms with Gasteiger partial charge >= 0.3 is 0 Å². The lowest BCUT2D eigenvalue weighted by molar-refractivity contribution is 0.874. The Labute approximate surface area is 65.9 Å². The molecule has 0 N–H and O–H groups in total. The van der Waals surface area contributed by atoms with E-state index in [2.05, 4.69) is 43.0 Å². The lowest BCUT2D eigenvalue weighted by Gasteiger charge is -2.12. The molecule has 1 spiro atoms. The van der Waals surface area contributed by atoms with E-state index >= 15 is 0 Å². The molecule has 0 nitrogen and oxygen atoms in total. The Morgan fingerprint density at radius 2 is 1.82 bits per heavy atom. The lowest BCUT2D eigenvalue weighted by atomic mass is 9.89. The highest BCUT2D eigenvalue weighted by molar-refractivity contribution is 5.77. The van der Waals surface area contributed by atoms with E-state index in [0.717, 1.165) is 0 Å². The first-order valence-corrected chi connectivity index (χ1v) is 3.84. The molecule has 0 radical (unpaired) electrons. The van der Waals surface area contributed by atoms with Gasteiger partial charge in [0.05, 0.1) is 5.41 Å². The molecule has 0 heteroatoms. The minimum atomic E-state index is 0.175. The molecule has 0 fully saturated rings. The molecule has 0 aromatic rings. The van der Waals surface area contributed by atoms with Gasteiger partial charge in [-0.05, 0) is 16.7 Å². The summed E-state index contributed by atoms with van der Waals surface area (Å²) in [7, 11) is 0. The van der Waals surface area contributed by atoms with E-state index in [0.29, 0.717) is 0 Å². The molecule has 0 amide bonds. The van der Waals surface area contributed by atoms with Crippen molar-refractivity contribution >= 4 is 0 Å². The molecule has 0 heterocycles. The van der Waals surface area contributed by atoms with Crippen LogP contribution in [0.15, 0.2) is 59.8 Å². The lowest BCUT2D eigenvalue weighted by Crippen LogP contribution is -2.02. The fourth-order valence-electron chi connectivity index (χ4n) is 2.08. The van der Waals surface area contributed by atoms with Crippen molar-refractivity contribution in [1.29, 1.82) is 0 Å². The Balaban J connectivity index is 2.25. The van der Waals surface area contributed by atoms with Crippen LogP contribution < -0.4 is 0 Å². The minimum absolute atomic E-state index is 0.175. The van der Waals surface area contributed by atoms with Crippen LogP contribution in [0.4, 0.5) is 0 Å². The number of hydrogen-bond acceptors (Lipinski definition) is 0. The molecular weight excluding hydrogens is 132 g/mol. The Kier molecular flexibility index (Phi) is 0.648. The summed E-state index contributed by atoms with van der Waals surface area (Å²) < 4.78 is 0.